The highest BCUT2D eigenvalue weighted by atomic mass is 16.5. The van der Waals surface area contributed by atoms with E-state index in [-0.39, 0.29) is 0 Å². The molecule has 1 atom stereocenters. The summed E-state index contributed by atoms with van der Waals surface area (Å²) in [4.78, 5) is 2.24. The predicted octanol–water partition coefficient (Wildman–Crippen LogP) is 2.70. The van der Waals surface area contributed by atoms with E-state index >= 15 is 0 Å². The van der Waals surface area contributed by atoms with Gasteiger partial charge in [0.2, 0.25) is 0 Å². The largest absolute Gasteiger partial charge is 0.389 e. The molecular weight excluding hydrogens is 262 g/mol. The van der Waals surface area contributed by atoms with Crippen LogP contribution in [0.3, 0.4) is 0 Å². The van der Waals surface area contributed by atoms with E-state index in [0.717, 1.165) is 13.1 Å². The Morgan fingerprint density at radius 3 is 1.81 bits per heavy atom. The van der Waals surface area contributed by atoms with Crippen LogP contribution in [-0.2, 0) is 17.8 Å². The van der Waals surface area contributed by atoms with Gasteiger partial charge in [-0.1, -0.05) is 60.7 Å². The smallest absolute Gasteiger partial charge is 0.0900 e. The quantitative estimate of drug-likeness (QED) is 0.809. The van der Waals surface area contributed by atoms with E-state index < -0.39 is 6.10 Å². The molecule has 2 rings (SSSR count). The molecule has 0 aliphatic rings. The van der Waals surface area contributed by atoms with E-state index in [1.165, 1.54) is 11.1 Å². The SMILES string of the molecule is COCC(O)CN(Cc1ccccc1)Cc1ccccc1. The number of aliphatic hydroxyl groups is 1. The van der Waals surface area contributed by atoms with Gasteiger partial charge in [0.15, 0.2) is 0 Å². The standard InChI is InChI=1S/C18H23NO2/c1-21-15-18(20)14-19(12-16-8-4-2-5-9-16)13-17-10-6-3-7-11-17/h2-11,18,20H,12-15H2,1H3. The Balaban J connectivity index is 2.02. The number of ether oxygens (including phenoxy) is 1. The minimum atomic E-state index is -0.470. The molecule has 2 aromatic carbocycles. The summed E-state index contributed by atoms with van der Waals surface area (Å²) < 4.78 is 5.03. The van der Waals surface area contributed by atoms with Gasteiger partial charge in [0.25, 0.3) is 0 Å². The number of aliphatic hydroxyl groups excluding tert-OH is 1. The Morgan fingerprint density at radius 1 is 0.905 bits per heavy atom. The molecular formula is C18H23NO2. The van der Waals surface area contributed by atoms with Crippen LogP contribution in [0, 0.1) is 0 Å². The van der Waals surface area contributed by atoms with E-state index in [0.29, 0.717) is 13.2 Å². The number of benzene rings is 2. The number of hydrogen-bond donors (Lipinski definition) is 1. The van der Waals surface area contributed by atoms with Crippen molar-refractivity contribution in [2.24, 2.45) is 0 Å². The summed E-state index contributed by atoms with van der Waals surface area (Å²) in [6, 6.07) is 20.7. The first kappa shape index (κ1) is 15.7. The van der Waals surface area contributed by atoms with Crippen molar-refractivity contribution >= 4 is 0 Å². The molecule has 0 saturated carbocycles. The lowest BCUT2D eigenvalue weighted by atomic mass is 10.1. The molecule has 0 bridgehead atoms. The van der Waals surface area contributed by atoms with Crippen LogP contribution in [0.25, 0.3) is 0 Å². The first-order chi connectivity index (χ1) is 10.3. The van der Waals surface area contributed by atoms with Gasteiger partial charge in [-0.15, -0.1) is 0 Å². The van der Waals surface area contributed by atoms with Crippen molar-refractivity contribution in [2.45, 2.75) is 19.2 Å². The number of rotatable bonds is 8. The molecule has 0 aromatic heterocycles. The van der Waals surface area contributed by atoms with Crippen molar-refractivity contribution in [3.63, 3.8) is 0 Å². The van der Waals surface area contributed by atoms with E-state index in [2.05, 4.69) is 29.2 Å². The number of nitrogens with zero attached hydrogens (tertiary/aromatic N) is 1. The van der Waals surface area contributed by atoms with Gasteiger partial charge >= 0.3 is 0 Å². The molecule has 0 radical (unpaired) electrons. The summed E-state index contributed by atoms with van der Waals surface area (Å²) in [5.74, 6) is 0. The first-order valence-corrected chi connectivity index (χ1v) is 7.25. The maximum atomic E-state index is 10.0. The lowest BCUT2D eigenvalue weighted by Crippen LogP contribution is -2.34. The van der Waals surface area contributed by atoms with Crippen molar-refractivity contribution in [3.05, 3.63) is 71.8 Å². The third kappa shape index (κ3) is 5.68. The second-order valence-corrected chi connectivity index (χ2v) is 5.25. The Morgan fingerprint density at radius 2 is 1.38 bits per heavy atom. The molecule has 1 unspecified atom stereocenters. The number of methoxy groups -OCH3 is 1. The van der Waals surface area contributed by atoms with Crippen LogP contribution in [0.1, 0.15) is 11.1 Å². The van der Waals surface area contributed by atoms with Gasteiger partial charge in [0.05, 0.1) is 12.7 Å². The maximum absolute atomic E-state index is 10.0. The molecule has 0 amide bonds. The highest BCUT2D eigenvalue weighted by Gasteiger charge is 2.12. The van der Waals surface area contributed by atoms with Gasteiger partial charge in [-0.3, -0.25) is 4.90 Å². The summed E-state index contributed by atoms with van der Waals surface area (Å²) in [5, 5.41) is 10.0. The molecule has 0 aliphatic carbocycles. The molecule has 0 spiro atoms. The lowest BCUT2D eigenvalue weighted by Gasteiger charge is -2.25. The van der Waals surface area contributed by atoms with Crippen molar-refractivity contribution < 1.29 is 9.84 Å². The number of hydrogen-bond acceptors (Lipinski definition) is 3. The van der Waals surface area contributed by atoms with E-state index in [9.17, 15) is 5.11 Å². The van der Waals surface area contributed by atoms with Crippen LogP contribution in [0.2, 0.25) is 0 Å². The molecule has 21 heavy (non-hydrogen) atoms. The minimum Gasteiger partial charge on any atom is -0.389 e. The van der Waals surface area contributed by atoms with Crippen molar-refractivity contribution in [1.82, 2.24) is 4.90 Å². The Kier molecular flexibility index (Phi) is 6.41. The Hall–Kier alpha value is -1.68. The molecule has 3 heteroatoms. The van der Waals surface area contributed by atoms with Crippen molar-refractivity contribution in [2.75, 3.05) is 20.3 Å². The zero-order chi connectivity index (χ0) is 14.9. The summed E-state index contributed by atoms with van der Waals surface area (Å²) in [6.45, 7) is 2.59. The molecule has 1 N–H and O–H groups in total. The third-order valence-electron chi connectivity index (χ3n) is 3.33. The second kappa shape index (κ2) is 8.57. The zero-order valence-electron chi connectivity index (χ0n) is 12.5. The fourth-order valence-electron chi connectivity index (χ4n) is 2.41. The van der Waals surface area contributed by atoms with E-state index in [1.54, 1.807) is 7.11 Å². The predicted molar refractivity (Wildman–Crippen MR) is 84.9 cm³/mol. The zero-order valence-corrected chi connectivity index (χ0v) is 12.5. The van der Waals surface area contributed by atoms with Gasteiger partial charge in [-0.2, -0.15) is 0 Å². The average Bonchev–Trinajstić information content (AvgIpc) is 2.49. The van der Waals surface area contributed by atoms with Gasteiger partial charge < -0.3 is 9.84 Å². The van der Waals surface area contributed by atoms with E-state index in [4.69, 9.17) is 4.74 Å². The molecule has 112 valence electrons. The van der Waals surface area contributed by atoms with Gasteiger partial charge in [0.1, 0.15) is 0 Å². The van der Waals surface area contributed by atoms with Gasteiger partial charge in [-0.25, -0.2) is 0 Å². The monoisotopic (exact) mass is 285 g/mol. The Bertz CT molecular complexity index is 460. The first-order valence-electron chi connectivity index (χ1n) is 7.25. The summed E-state index contributed by atoms with van der Waals surface area (Å²) in [6.07, 6.45) is -0.470. The van der Waals surface area contributed by atoms with Crippen molar-refractivity contribution in [1.29, 1.82) is 0 Å². The summed E-state index contributed by atoms with van der Waals surface area (Å²) in [7, 11) is 1.61. The van der Waals surface area contributed by atoms with Crippen LogP contribution in [0.4, 0.5) is 0 Å². The fraction of sp³-hybridized carbons (Fsp3) is 0.333. The van der Waals surface area contributed by atoms with Crippen LogP contribution < -0.4 is 0 Å². The Labute approximate surface area is 126 Å². The molecule has 0 heterocycles. The highest BCUT2D eigenvalue weighted by molar-refractivity contribution is 5.17. The topological polar surface area (TPSA) is 32.7 Å². The fourth-order valence-corrected chi connectivity index (χ4v) is 2.41. The molecule has 0 saturated heterocycles. The molecule has 2 aromatic rings. The summed E-state index contributed by atoms with van der Waals surface area (Å²) in [5.41, 5.74) is 2.50. The summed E-state index contributed by atoms with van der Waals surface area (Å²) >= 11 is 0. The highest BCUT2D eigenvalue weighted by Crippen LogP contribution is 2.10. The van der Waals surface area contributed by atoms with Gasteiger partial charge in [-0.05, 0) is 11.1 Å². The van der Waals surface area contributed by atoms with Crippen LogP contribution in [0.5, 0.6) is 0 Å². The average molecular weight is 285 g/mol. The van der Waals surface area contributed by atoms with Crippen molar-refractivity contribution in [3.8, 4) is 0 Å². The van der Waals surface area contributed by atoms with Crippen LogP contribution in [0.15, 0.2) is 60.7 Å². The van der Waals surface area contributed by atoms with Crippen LogP contribution >= 0.6 is 0 Å². The van der Waals surface area contributed by atoms with Gasteiger partial charge in [0, 0.05) is 26.7 Å². The molecule has 0 aliphatic heterocycles. The lowest BCUT2D eigenvalue weighted by molar-refractivity contribution is 0.0338. The molecule has 0 fully saturated rings. The normalized spacial score (nSPS) is 12.5. The van der Waals surface area contributed by atoms with E-state index in [1.807, 2.05) is 36.4 Å². The minimum absolute atomic E-state index is 0.361. The van der Waals surface area contributed by atoms with Crippen LogP contribution in [-0.4, -0.2) is 36.4 Å². The third-order valence-corrected chi connectivity index (χ3v) is 3.33. The molecule has 3 nitrogen and oxygen atoms in total. The second-order valence-electron chi connectivity index (χ2n) is 5.25. The maximum Gasteiger partial charge on any atom is 0.0900 e.